The highest BCUT2D eigenvalue weighted by molar-refractivity contribution is 7.98. The molecule has 0 saturated heterocycles. The number of halogens is 1. The van der Waals surface area contributed by atoms with Gasteiger partial charge in [0, 0.05) is 21.7 Å². The van der Waals surface area contributed by atoms with Crippen molar-refractivity contribution in [1.29, 1.82) is 0 Å². The number of thioether (sulfide) groups is 1. The first-order valence-corrected chi connectivity index (χ1v) is 14.9. The monoisotopic (exact) mass is 580 g/mol. The molecule has 1 aliphatic heterocycles. The molecule has 0 spiro atoms. The Hall–Kier alpha value is -3.66. The molecule has 0 saturated carbocycles. The van der Waals surface area contributed by atoms with Gasteiger partial charge in [0.1, 0.15) is 19.8 Å². The number of sulfonamides is 1. The quantitative estimate of drug-likeness (QED) is 0.236. The van der Waals surface area contributed by atoms with Gasteiger partial charge >= 0.3 is 0 Å². The van der Waals surface area contributed by atoms with E-state index >= 15 is 0 Å². The van der Waals surface area contributed by atoms with Crippen LogP contribution in [0.4, 0.5) is 11.4 Å². The van der Waals surface area contributed by atoms with E-state index in [1.807, 2.05) is 42.5 Å². The summed E-state index contributed by atoms with van der Waals surface area (Å²) in [5.74, 6) is 1.15. The molecule has 1 N–H and O–H groups in total. The van der Waals surface area contributed by atoms with Gasteiger partial charge in [-0.05, 0) is 54.1 Å². The van der Waals surface area contributed by atoms with Crippen LogP contribution in [-0.4, -0.2) is 34.1 Å². The molecule has 0 bridgehead atoms. The Morgan fingerprint density at radius 1 is 0.872 bits per heavy atom. The Morgan fingerprint density at radius 3 is 2.33 bits per heavy atom. The number of ether oxygens (including phenoxy) is 2. The van der Waals surface area contributed by atoms with Gasteiger partial charge in [-0.15, -0.1) is 11.8 Å². The number of fused-ring (bicyclic) bond motifs is 1. The van der Waals surface area contributed by atoms with Crippen LogP contribution < -0.4 is 19.1 Å². The smallest absolute Gasteiger partial charge is 0.264 e. The van der Waals surface area contributed by atoms with E-state index in [-0.39, 0.29) is 4.90 Å². The fraction of sp³-hybridized carbons (Fsp3) is 0.138. The SMILES string of the molecule is O=C(CN(c1ccc2c(c1)OCCO2)S(=O)(=O)c1ccccc1)Nc1ccccc1SCc1ccc(Cl)cc1. The largest absolute Gasteiger partial charge is 0.486 e. The maximum Gasteiger partial charge on any atom is 0.264 e. The van der Waals surface area contributed by atoms with Gasteiger partial charge in [-0.25, -0.2) is 8.42 Å². The zero-order valence-electron chi connectivity index (χ0n) is 20.7. The number of para-hydroxylation sites is 1. The predicted octanol–water partition coefficient (Wildman–Crippen LogP) is 6.24. The lowest BCUT2D eigenvalue weighted by Gasteiger charge is -2.26. The van der Waals surface area contributed by atoms with E-state index in [1.165, 1.54) is 12.1 Å². The molecule has 0 radical (unpaired) electrons. The molecule has 1 heterocycles. The number of nitrogens with zero attached hydrogens (tertiary/aromatic N) is 1. The van der Waals surface area contributed by atoms with E-state index < -0.39 is 22.5 Å². The van der Waals surface area contributed by atoms with Crippen molar-refractivity contribution in [2.24, 2.45) is 0 Å². The minimum absolute atomic E-state index is 0.0756. The standard InChI is InChI=1S/C29H25ClN2O5S2/c30-22-12-10-21(11-13-22)20-38-28-9-5-4-8-25(28)31-29(33)19-32(39(34,35)24-6-2-1-3-7-24)23-14-15-26-27(18-23)37-17-16-36-26/h1-15,18H,16-17,19-20H2,(H,31,33). The van der Waals surface area contributed by atoms with Crippen molar-refractivity contribution in [3.05, 3.63) is 108 Å². The number of nitrogens with one attached hydrogen (secondary N) is 1. The highest BCUT2D eigenvalue weighted by Gasteiger charge is 2.28. The molecule has 39 heavy (non-hydrogen) atoms. The topological polar surface area (TPSA) is 84.9 Å². The van der Waals surface area contributed by atoms with Crippen LogP contribution in [0.15, 0.2) is 107 Å². The first kappa shape index (κ1) is 26.9. The van der Waals surface area contributed by atoms with Crippen LogP contribution >= 0.6 is 23.4 Å². The number of hydrogen-bond acceptors (Lipinski definition) is 6. The fourth-order valence-corrected chi connectivity index (χ4v) is 6.50. The minimum Gasteiger partial charge on any atom is -0.486 e. The minimum atomic E-state index is -4.07. The van der Waals surface area contributed by atoms with Crippen LogP contribution in [0.5, 0.6) is 11.5 Å². The normalized spacial score (nSPS) is 12.5. The fourth-order valence-electron chi connectivity index (χ4n) is 3.98. The summed E-state index contributed by atoms with van der Waals surface area (Å²) in [7, 11) is -4.07. The van der Waals surface area contributed by atoms with E-state index in [9.17, 15) is 13.2 Å². The predicted molar refractivity (Wildman–Crippen MR) is 154 cm³/mol. The maximum absolute atomic E-state index is 13.7. The van der Waals surface area contributed by atoms with Crippen molar-refractivity contribution in [3.8, 4) is 11.5 Å². The van der Waals surface area contributed by atoms with Crippen LogP contribution in [0.2, 0.25) is 5.02 Å². The summed E-state index contributed by atoms with van der Waals surface area (Å²) in [6, 6.07) is 27.9. The van der Waals surface area contributed by atoms with Crippen molar-refractivity contribution >= 4 is 50.7 Å². The molecule has 7 nitrogen and oxygen atoms in total. The van der Waals surface area contributed by atoms with Gasteiger partial charge in [0.2, 0.25) is 5.91 Å². The van der Waals surface area contributed by atoms with Gasteiger partial charge in [0.15, 0.2) is 11.5 Å². The molecule has 0 aromatic heterocycles. The van der Waals surface area contributed by atoms with Gasteiger partial charge in [0.05, 0.1) is 16.3 Å². The maximum atomic E-state index is 13.7. The number of rotatable bonds is 9. The van der Waals surface area contributed by atoms with Crippen molar-refractivity contribution < 1.29 is 22.7 Å². The van der Waals surface area contributed by atoms with E-state index in [1.54, 1.807) is 54.2 Å². The van der Waals surface area contributed by atoms with Crippen molar-refractivity contribution in [2.45, 2.75) is 15.5 Å². The lowest BCUT2D eigenvalue weighted by Crippen LogP contribution is -2.38. The molecule has 1 aliphatic rings. The third-order valence-electron chi connectivity index (χ3n) is 5.90. The molecule has 10 heteroatoms. The van der Waals surface area contributed by atoms with E-state index in [0.717, 1.165) is 14.8 Å². The number of carbonyl (C=O) groups is 1. The summed E-state index contributed by atoms with van der Waals surface area (Å²) in [6.07, 6.45) is 0. The Kier molecular flexibility index (Phi) is 8.30. The van der Waals surface area contributed by atoms with Crippen molar-refractivity contribution in [2.75, 3.05) is 29.4 Å². The third-order valence-corrected chi connectivity index (χ3v) is 9.09. The van der Waals surface area contributed by atoms with Gasteiger partial charge in [-0.3, -0.25) is 9.10 Å². The summed E-state index contributed by atoms with van der Waals surface area (Å²) in [6.45, 7) is 0.329. The van der Waals surface area contributed by atoms with Crippen LogP contribution in [0.3, 0.4) is 0 Å². The molecule has 5 rings (SSSR count). The Bertz CT molecular complexity index is 1560. The van der Waals surface area contributed by atoms with Gasteiger partial charge in [-0.2, -0.15) is 0 Å². The lowest BCUT2D eigenvalue weighted by atomic mass is 10.2. The summed E-state index contributed by atoms with van der Waals surface area (Å²) in [5, 5.41) is 3.57. The second-order valence-corrected chi connectivity index (χ2v) is 11.9. The van der Waals surface area contributed by atoms with Crippen LogP contribution in [0.1, 0.15) is 5.56 Å². The molecular weight excluding hydrogens is 556 g/mol. The van der Waals surface area contributed by atoms with E-state index in [0.29, 0.717) is 46.9 Å². The molecule has 0 aliphatic carbocycles. The second-order valence-electron chi connectivity index (χ2n) is 8.61. The Morgan fingerprint density at radius 2 is 1.56 bits per heavy atom. The third kappa shape index (κ3) is 6.50. The number of hydrogen-bond donors (Lipinski definition) is 1. The van der Waals surface area contributed by atoms with Crippen LogP contribution in [0.25, 0.3) is 0 Å². The van der Waals surface area contributed by atoms with E-state index in [4.69, 9.17) is 21.1 Å². The molecule has 0 unspecified atom stereocenters. The zero-order valence-corrected chi connectivity index (χ0v) is 23.1. The first-order chi connectivity index (χ1) is 18.9. The molecule has 200 valence electrons. The molecular formula is C29H25ClN2O5S2. The average molecular weight is 581 g/mol. The molecule has 4 aromatic rings. The lowest BCUT2D eigenvalue weighted by molar-refractivity contribution is -0.114. The Balaban J connectivity index is 1.39. The number of amides is 1. The van der Waals surface area contributed by atoms with E-state index in [2.05, 4.69) is 5.32 Å². The Labute approximate surface area is 236 Å². The number of benzene rings is 4. The summed E-state index contributed by atoms with van der Waals surface area (Å²) >= 11 is 7.55. The number of anilines is 2. The molecule has 1 amide bonds. The van der Waals surface area contributed by atoms with Crippen LogP contribution in [-0.2, 0) is 20.6 Å². The highest BCUT2D eigenvalue weighted by Crippen LogP contribution is 2.36. The first-order valence-electron chi connectivity index (χ1n) is 12.1. The van der Waals surface area contributed by atoms with Gasteiger partial charge < -0.3 is 14.8 Å². The highest BCUT2D eigenvalue weighted by atomic mass is 35.5. The molecule has 0 fully saturated rings. The number of carbonyl (C=O) groups excluding carboxylic acids is 1. The second kappa shape index (κ2) is 12.0. The van der Waals surface area contributed by atoms with Crippen molar-refractivity contribution in [3.63, 3.8) is 0 Å². The average Bonchev–Trinajstić information content (AvgIpc) is 2.96. The van der Waals surface area contributed by atoms with Crippen molar-refractivity contribution in [1.82, 2.24) is 0 Å². The van der Waals surface area contributed by atoms with Crippen LogP contribution in [0, 0.1) is 0 Å². The summed E-state index contributed by atoms with van der Waals surface area (Å²) in [4.78, 5) is 14.3. The van der Waals surface area contributed by atoms with Gasteiger partial charge in [0.25, 0.3) is 10.0 Å². The molecule has 0 atom stereocenters. The summed E-state index contributed by atoms with van der Waals surface area (Å²) in [5.41, 5.74) is 1.98. The zero-order chi connectivity index (χ0) is 27.2. The summed E-state index contributed by atoms with van der Waals surface area (Å²) < 4.78 is 39.7. The molecule has 4 aromatic carbocycles. The van der Waals surface area contributed by atoms with Gasteiger partial charge in [-0.1, -0.05) is 54.1 Å².